The molecule has 1 rings (SSSR count). The van der Waals surface area contributed by atoms with Gasteiger partial charge in [-0.2, -0.15) is 0 Å². The number of nitrogens with one attached hydrogen (secondary N) is 3. The Morgan fingerprint density at radius 2 is 1.30 bits per heavy atom. The Balaban J connectivity index is 2.78. The van der Waals surface area contributed by atoms with Gasteiger partial charge in [0.15, 0.2) is 0 Å². The van der Waals surface area contributed by atoms with Crippen LogP contribution < -0.4 is 21.7 Å². The average Bonchev–Trinajstić information content (AvgIpc) is 2.72. The van der Waals surface area contributed by atoms with Crippen molar-refractivity contribution < 1.29 is 44.1 Å². The molecule has 0 aliphatic heterocycles. The number of carboxylic acid groups (broad SMARTS) is 3. The molecule has 0 saturated carbocycles. The first-order valence-electron chi connectivity index (χ1n) is 9.77. The molecule has 33 heavy (non-hydrogen) atoms. The average molecular weight is 466 g/mol. The van der Waals surface area contributed by atoms with Crippen molar-refractivity contribution in [3.05, 3.63) is 35.9 Å². The van der Waals surface area contributed by atoms with Crippen molar-refractivity contribution in [2.45, 2.75) is 50.4 Å². The quantitative estimate of drug-likeness (QED) is 0.170. The number of nitrogens with two attached hydrogens (primary N) is 1. The highest BCUT2D eigenvalue weighted by Crippen LogP contribution is 2.03. The maximum absolute atomic E-state index is 12.5. The number of carbonyl (C=O) groups excluding carboxylic acids is 3. The van der Waals surface area contributed by atoms with Crippen LogP contribution in [0.3, 0.4) is 0 Å². The van der Waals surface area contributed by atoms with E-state index in [2.05, 4.69) is 10.6 Å². The molecule has 0 fully saturated rings. The molecular weight excluding hydrogens is 440 g/mol. The van der Waals surface area contributed by atoms with Crippen molar-refractivity contribution in [1.29, 1.82) is 0 Å². The first-order chi connectivity index (χ1) is 15.4. The van der Waals surface area contributed by atoms with Gasteiger partial charge in [-0.25, -0.2) is 4.79 Å². The summed E-state index contributed by atoms with van der Waals surface area (Å²) in [5.74, 6) is -7.28. The van der Waals surface area contributed by atoms with Crippen LogP contribution in [0, 0.1) is 0 Å². The highest BCUT2D eigenvalue weighted by Gasteiger charge is 2.30. The Hall–Kier alpha value is -4.00. The Bertz CT molecular complexity index is 891. The molecule has 0 radical (unpaired) electrons. The number of amides is 3. The van der Waals surface area contributed by atoms with Crippen LogP contribution in [0.5, 0.6) is 0 Å². The normalized spacial score (nSPS) is 14.1. The van der Waals surface area contributed by atoms with Gasteiger partial charge in [0.1, 0.15) is 18.1 Å². The predicted octanol–water partition coefficient (Wildman–Crippen LogP) is -1.94. The van der Waals surface area contributed by atoms with Crippen LogP contribution >= 0.6 is 0 Å². The van der Waals surface area contributed by atoms with E-state index in [0.29, 0.717) is 0 Å². The smallest absolute Gasteiger partial charge is 0.326 e. The van der Waals surface area contributed by atoms with Gasteiger partial charge in [0.05, 0.1) is 18.9 Å². The van der Waals surface area contributed by atoms with Crippen molar-refractivity contribution in [3.63, 3.8) is 0 Å². The Labute approximate surface area is 188 Å². The molecule has 13 nitrogen and oxygen atoms in total. The number of hydrogen-bond acceptors (Lipinski definition) is 7. The number of benzene rings is 1. The summed E-state index contributed by atoms with van der Waals surface area (Å²) in [4.78, 5) is 69.9. The number of hydrogen-bond donors (Lipinski definition) is 7. The van der Waals surface area contributed by atoms with E-state index in [0.717, 1.165) is 5.56 Å². The second-order valence-electron chi connectivity index (χ2n) is 7.18. The number of carboxylic acids is 3. The van der Waals surface area contributed by atoms with Crippen LogP contribution in [0.4, 0.5) is 0 Å². The molecule has 13 heteroatoms. The van der Waals surface area contributed by atoms with E-state index in [-0.39, 0.29) is 6.42 Å². The second kappa shape index (κ2) is 12.8. The van der Waals surface area contributed by atoms with Gasteiger partial charge in [-0.05, 0) is 18.9 Å². The minimum absolute atomic E-state index is 0.132. The number of carbonyl (C=O) groups is 6. The predicted molar refractivity (Wildman–Crippen MR) is 112 cm³/mol. The summed E-state index contributed by atoms with van der Waals surface area (Å²) >= 11 is 0. The lowest BCUT2D eigenvalue weighted by atomic mass is 10.1. The van der Waals surface area contributed by atoms with E-state index < -0.39 is 72.6 Å². The fourth-order valence-corrected chi connectivity index (χ4v) is 2.67. The summed E-state index contributed by atoms with van der Waals surface area (Å²) in [6.07, 6.45) is -1.56. The maximum Gasteiger partial charge on any atom is 0.326 e. The molecule has 1 aromatic carbocycles. The monoisotopic (exact) mass is 466 g/mol. The fraction of sp³-hybridized carbons (Fsp3) is 0.400. The lowest BCUT2D eigenvalue weighted by molar-refractivity contribution is -0.147. The Morgan fingerprint density at radius 3 is 1.82 bits per heavy atom. The van der Waals surface area contributed by atoms with Crippen molar-refractivity contribution in [2.75, 3.05) is 0 Å². The van der Waals surface area contributed by atoms with E-state index >= 15 is 0 Å². The number of aliphatic carboxylic acids is 3. The first kappa shape index (κ1) is 27.0. The van der Waals surface area contributed by atoms with Crippen molar-refractivity contribution in [2.24, 2.45) is 5.73 Å². The van der Waals surface area contributed by atoms with E-state index in [1.165, 1.54) is 6.92 Å². The fourth-order valence-electron chi connectivity index (χ4n) is 2.67. The highest BCUT2D eigenvalue weighted by molar-refractivity contribution is 5.95. The summed E-state index contributed by atoms with van der Waals surface area (Å²) < 4.78 is 0. The van der Waals surface area contributed by atoms with Crippen LogP contribution in [0.25, 0.3) is 0 Å². The summed E-state index contributed by atoms with van der Waals surface area (Å²) in [5.41, 5.74) is 6.59. The van der Waals surface area contributed by atoms with E-state index in [4.69, 9.17) is 21.1 Å². The summed E-state index contributed by atoms with van der Waals surface area (Å²) in [7, 11) is 0. The molecule has 0 aliphatic rings. The molecule has 3 amide bonds. The van der Waals surface area contributed by atoms with Gasteiger partial charge in [0, 0.05) is 0 Å². The van der Waals surface area contributed by atoms with Gasteiger partial charge in [-0.3, -0.25) is 24.0 Å². The largest absolute Gasteiger partial charge is 0.481 e. The molecule has 0 aromatic heterocycles. The molecular formula is C20H26N4O9. The molecule has 0 aliphatic carbocycles. The maximum atomic E-state index is 12.5. The zero-order valence-electron chi connectivity index (χ0n) is 17.7. The molecule has 4 atom stereocenters. The summed E-state index contributed by atoms with van der Waals surface area (Å²) in [6.45, 7) is 1.17. The van der Waals surface area contributed by atoms with E-state index in [1.54, 1.807) is 30.3 Å². The van der Waals surface area contributed by atoms with Gasteiger partial charge in [-0.15, -0.1) is 0 Å². The van der Waals surface area contributed by atoms with E-state index in [9.17, 15) is 28.8 Å². The summed E-state index contributed by atoms with van der Waals surface area (Å²) in [6, 6.07) is 3.01. The highest BCUT2D eigenvalue weighted by atomic mass is 16.4. The molecule has 0 bridgehead atoms. The van der Waals surface area contributed by atoms with Crippen LogP contribution in [0.1, 0.15) is 25.3 Å². The van der Waals surface area contributed by atoms with Crippen molar-refractivity contribution in [3.8, 4) is 0 Å². The molecule has 8 N–H and O–H groups in total. The van der Waals surface area contributed by atoms with Crippen LogP contribution in [-0.2, 0) is 35.2 Å². The summed E-state index contributed by atoms with van der Waals surface area (Å²) in [5, 5.41) is 33.1. The van der Waals surface area contributed by atoms with Crippen LogP contribution in [0.15, 0.2) is 30.3 Å². The van der Waals surface area contributed by atoms with E-state index in [1.807, 2.05) is 5.32 Å². The van der Waals surface area contributed by atoms with Gasteiger partial charge >= 0.3 is 17.9 Å². The first-order valence-corrected chi connectivity index (χ1v) is 9.77. The molecule has 1 aromatic rings. The number of rotatable bonds is 13. The van der Waals surface area contributed by atoms with Gasteiger partial charge < -0.3 is 37.0 Å². The third kappa shape index (κ3) is 9.78. The van der Waals surface area contributed by atoms with Crippen molar-refractivity contribution >= 4 is 35.6 Å². The Morgan fingerprint density at radius 1 is 0.788 bits per heavy atom. The topological polar surface area (TPSA) is 225 Å². The zero-order chi connectivity index (χ0) is 25.1. The standard InChI is InChI=1S/C20H26N4O9/c1-10(17(29)24-14(20(32)33)9-16(27)28)22-19(31)13(8-15(25)26)23-18(30)12(21)7-11-5-3-2-4-6-11/h2-6,10,12-14H,7-9,21H2,1H3,(H,22,31)(H,23,30)(H,24,29)(H,25,26)(H,27,28)(H,32,33). The van der Waals surface area contributed by atoms with Gasteiger partial charge in [0.2, 0.25) is 17.7 Å². The molecule has 0 spiro atoms. The van der Waals surface area contributed by atoms with Crippen LogP contribution in [-0.4, -0.2) is 75.1 Å². The second-order valence-corrected chi connectivity index (χ2v) is 7.18. The van der Waals surface area contributed by atoms with Crippen LogP contribution in [0.2, 0.25) is 0 Å². The third-order valence-electron chi connectivity index (χ3n) is 4.39. The van der Waals surface area contributed by atoms with Gasteiger partial charge in [-0.1, -0.05) is 30.3 Å². The minimum Gasteiger partial charge on any atom is -0.481 e. The van der Waals surface area contributed by atoms with Gasteiger partial charge in [0.25, 0.3) is 0 Å². The lowest BCUT2D eigenvalue weighted by Crippen LogP contribution is -2.57. The SMILES string of the molecule is CC(NC(=O)C(CC(=O)O)NC(=O)C(N)Cc1ccccc1)C(=O)NC(CC(=O)O)C(=O)O. The Kier molecular flexibility index (Phi) is 10.5. The molecule has 0 saturated heterocycles. The third-order valence-corrected chi connectivity index (χ3v) is 4.39. The minimum atomic E-state index is -1.74. The zero-order valence-corrected chi connectivity index (χ0v) is 17.7. The molecule has 180 valence electrons. The molecule has 0 heterocycles. The lowest BCUT2D eigenvalue weighted by Gasteiger charge is -2.22. The molecule has 4 unspecified atom stereocenters. The van der Waals surface area contributed by atoms with Crippen molar-refractivity contribution in [1.82, 2.24) is 16.0 Å².